The minimum atomic E-state index is -0.250. The molecule has 2 aromatic heterocycles. The predicted molar refractivity (Wildman–Crippen MR) is 119 cm³/mol. The second kappa shape index (κ2) is 10.3. The molecule has 3 aromatic rings. The van der Waals surface area contributed by atoms with Gasteiger partial charge in [-0.15, -0.1) is 12.4 Å². The minimum absolute atomic E-state index is 0. The Bertz CT molecular complexity index is 999. The van der Waals surface area contributed by atoms with Crippen molar-refractivity contribution in [2.45, 2.75) is 0 Å². The lowest BCUT2D eigenvalue weighted by Gasteiger charge is -2.29. The van der Waals surface area contributed by atoms with Crippen LogP contribution in [-0.4, -0.2) is 72.3 Å². The molecule has 1 aromatic carbocycles. The Morgan fingerprint density at radius 1 is 1.33 bits per heavy atom. The van der Waals surface area contributed by atoms with Gasteiger partial charge in [-0.3, -0.25) is 19.6 Å². The zero-order valence-corrected chi connectivity index (χ0v) is 18.7. The van der Waals surface area contributed by atoms with E-state index in [-0.39, 0.29) is 24.0 Å². The van der Waals surface area contributed by atoms with Gasteiger partial charge < -0.3 is 9.47 Å². The van der Waals surface area contributed by atoms with Crippen LogP contribution in [-0.2, 0) is 4.74 Å². The molecule has 11 heteroatoms. The standard InChI is InChI=1S/C19H20ClN5O3S.ClH/c1-27-15-3-2-13(20)17-16(15)23-19(29-17)25(7-6-24-8-10-28-11-9-24)18(26)14-12-21-4-5-22-14;/h2-5,12H,6-11H2,1H3;1H. The summed E-state index contributed by atoms with van der Waals surface area (Å²) in [5.41, 5.74) is 0.912. The average Bonchev–Trinajstić information content (AvgIpc) is 3.21. The lowest BCUT2D eigenvalue weighted by Crippen LogP contribution is -2.43. The van der Waals surface area contributed by atoms with Gasteiger partial charge in [-0.25, -0.2) is 9.97 Å². The summed E-state index contributed by atoms with van der Waals surface area (Å²) in [5, 5.41) is 1.12. The van der Waals surface area contributed by atoms with Crippen LogP contribution in [0.4, 0.5) is 5.13 Å². The number of thiazole rings is 1. The van der Waals surface area contributed by atoms with Gasteiger partial charge in [0.1, 0.15) is 17.0 Å². The summed E-state index contributed by atoms with van der Waals surface area (Å²) in [7, 11) is 1.59. The number of rotatable bonds is 6. The normalized spacial score (nSPS) is 14.3. The van der Waals surface area contributed by atoms with Crippen molar-refractivity contribution in [3.05, 3.63) is 41.4 Å². The van der Waals surface area contributed by atoms with Crippen molar-refractivity contribution < 1.29 is 14.3 Å². The number of morpholine rings is 1. The minimum Gasteiger partial charge on any atom is -0.494 e. The van der Waals surface area contributed by atoms with E-state index in [0.29, 0.717) is 47.7 Å². The van der Waals surface area contributed by atoms with Crippen LogP contribution in [0.5, 0.6) is 5.75 Å². The van der Waals surface area contributed by atoms with Crippen LogP contribution in [0.3, 0.4) is 0 Å². The highest BCUT2D eigenvalue weighted by Crippen LogP contribution is 2.38. The molecule has 1 amide bonds. The summed E-state index contributed by atoms with van der Waals surface area (Å²) < 4.78 is 11.6. The maximum atomic E-state index is 13.2. The number of ether oxygens (including phenoxy) is 2. The highest BCUT2D eigenvalue weighted by atomic mass is 35.5. The Kier molecular flexibility index (Phi) is 7.79. The van der Waals surface area contributed by atoms with E-state index in [2.05, 4.69) is 19.9 Å². The summed E-state index contributed by atoms with van der Waals surface area (Å²) in [4.78, 5) is 30.0. The summed E-state index contributed by atoms with van der Waals surface area (Å²) in [6, 6.07) is 3.55. The number of aromatic nitrogens is 3. The van der Waals surface area contributed by atoms with Gasteiger partial charge >= 0.3 is 0 Å². The molecule has 8 nitrogen and oxygen atoms in total. The number of fused-ring (bicyclic) bond motifs is 1. The van der Waals surface area contributed by atoms with E-state index >= 15 is 0 Å². The third-order valence-corrected chi connectivity index (χ3v) is 6.21. The number of benzene rings is 1. The number of carbonyl (C=O) groups excluding carboxylic acids is 1. The summed E-state index contributed by atoms with van der Waals surface area (Å²) >= 11 is 7.73. The molecule has 0 spiro atoms. The van der Waals surface area contributed by atoms with Crippen LogP contribution >= 0.6 is 35.3 Å². The zero-order chi connectivity index (χ0) is 20.2. The van der Waals surface area contributed by atoms with Gasteiger partial charge in [0.2, 0.25) is 0 Å². The molecule has 30 heavy (non-hydrogen) atoms. The summed E-state index contributed by atoms with van der Waals surface area (Å²) in [6.07, 6.45) is 4.51. The van der Waals surface area contributed by atoms with Gasteiger partial charge in [0.25, 0.3) is 5.91 Å². The molecule has 1 aliphatic rings. The second-order valence-corrected chi connectivity index (χ2v) is 7.81. The van der Waals surface area contributed by atoms with E-state index in [1.54, 1.807) is 24.1 Å². The maximum absolute atomic E-state index is 13.2. The van der Waals surface area contributed by atoms with Crippen LogP contribution in [0.15, 0.2) is 30.7 Å². The molecule has 0 aliphatic carbocycles. The number of hydrogen-bond acceptors (Lipinski definition) is 8. The lowest BCUT2D eigenvalue weighted by atomic mass is 10.3. The van der Waals surface area contributed by atoms with Crippen molar-refractivity contribution in [1.29, 1.82) is 0 Å². The smallest absolute Gasteiger partial charge is 0.280 e. The van der Waals surface area contributed by atoms with Crippen molar-refractivity contribution in [2.75, 3.05) is 51.4 Å². The molecule has 1 aliphatic heterocycles. The molecule has 0 radical (unpaired) electrons. The molecule has 0 saturated carbocycles. The van der Waals surface area contributed by atoms with Crippen LogP contribution in [0.1, 0.15) is 10.5 Å². The second-order valence-electron chi connectivity index (χ2n) is 6.43. The average molecular weight is 470 g/mol. The number of halogens is 2. The van der Waals surface area contributed by atoms with E-state index in [9.17, 15) is 4.79 Å². The fraction of sp³-hybridized carbons (Fsp3) is 0.368. The Morgan fingerprint density at radius 3 is 2.83 bits per heavy atom. The number of methoxy groups -OCH3 is 1. The Labute approximate surface area is 189 Å². The van der Waals surface area contributed by atoms with Crippen molar-refractivity contribution in [2.24, 2.45) is 0 Å². The van der Waals surface area contributed by atoms with Crippen LogP contribution in [0, 0.1) is 0 Å². The van der Waals surface area contributed by atoms with Gasteiger partial charge in [-0.1, -0.05) is 22.9 Å². The molecule has 160 valence electrons. The van der Waals surface area contributed by atoms with Crippen molar-refractivity contribution in [1.82, 2.24) is 19.9 Å². The molecule has 0 bridgehead atoms. The van der Waals surface area contributed by atoms with E-state index in [1.165, 1.54) is 29.9 Å². The topological polar surface area (TPSA) is 80.7 Å². The maximum Gasteiger partial charge on any atom is 0.280 e. The third-order valence-electron chi connectivity index (χ3n) is 4.67. The highest BCUT2D eigenvalue weighted by Gasteiger charge is 2.25. The van der Waals surface area contributed by atoms with Gasteiger partial charge in [-0.2, -0.15) is 0 Å². The Balaban J connectivity index is 0.00000256. The molecule has 0 unspecified atom stereocenters. The molecule has 3 heterocycles. The number of hydrogen-bond donors (Lipinski definition) is 0. The number of carbonyl (C=O) groups is 1. The molecular formula is C19H21Cl2N5O3S. The number of nitrogens with zero attached hydrogens (tertiary/aromatic N) is 5. The molecular weight excluding hydrogens is 449 g/mol. The zero-order valence-electron chi connectivity index (χ0n) is 16.3. The van der Waals surface area contributed by atoms with Gasteiger partial charge in [-0.05, 0) is 12.1 Å². The largest absolute Gasteiger partial charge is 0.494 e. The van der Waals surface area contributed by atoms with Gasteiger partial charge in [0.15, 0.2) is 5.13 Å². The highest BCUT2D eigenvalue weighted by molar-refractivity contribution is 7.23. The van der Waals surface area contributed by atoms with E-state index < -0.39 is 0 Å². The van der Waals surface area contributed by atoms with E-state index in [0.717, 1.165) is 17.8 Å². The van der Waals surface area contributed by atoms with E-state index in [1.807, 2.05) is 0 Å². The SMILES string of the molecule is COc1ccc(Cl)c2sc(N(CCN3CCOCC3)C(=O)c3cnccn3)nc12.Cl. The summed E-state index contributed by atoms with van der Waals surface area (Å²) in [5.74, 6) is 0.368. The Hall–Kier alpha value is -2.04. The number of amides is 1. The number of anilines is 1. The van der Waals surface area contributed by atoms with Crippen molar-refractivity contribution in [3.63, 3.8) is 0 Å². The molecule has 4 rings (SSSR count). The first-order valence-corrected chi connectivity index (χ1v) is 10.4. The fourth-order valence-electron chi connectivity index (χ4n) is 3.12. The third kappa shape index (κ3) is 4.81. The van der Waals surface area contributed by atoms with Gasteiger partial charge in [0.05, 0.1) is 36.2 Å². The van der Waals surface area contributed by atoms with Crippen LogP contribution < -0.4 is 9.64 Å². The monoisotopic (exact) mass is 469 g/mol. The van der Waals surface area contributed by atoms with Crippen molar-refractivity contribution in [3.8, 4) is 5.75 Å². The lowest BCUT2D eigenvalue weighted by molar-refractivity contribution is 0.0391. The van der Waals surface area contributed by atoms with Crippen LogP contribution in [0.25, 0.3) is 10.2 Å². The Morgan fingerprint density at radius 2 is 2.13 bits per heavy atom. The first-order valence-electron chi connectivity index (χ1n) is 9.18. The fourth-order valence-corrected chi connectivity index (χ4v) is 4.40. The van der Waals surface area contributed by atoms with Crippen molar-refractivity contribution >= 4 is 56.6 Å². The van der Waals surface area contributed by atoms with Crippen LogP contribution in [0.2, 0.25) is 5.02 Å². The first kappa shape index (κ1) is 22.6. The molecule has 1 fully saturated rings. The van der Waals surface area contributed by atoms with E-state index in [4.69, 9.17) is 21.1 Å². The predicted octanol–water partition coefficient (Wildman–Crippen LogP) is 3.15. The summed E-state index contributed by atoms with van der Waals surface area (Å²) in [6.45, 7) is 4.25. The quantitative estimate of drug-likeness (QED) is 0.548. The first-order chi connectivity index (χ1) is 14.2. The molecule has 0 atom stereocenters. The molecule has 0 N–H and O–H groups in total. The van der Waals surface area contributed by atoms with Gasteiger partial charge in [0, 0.05) is 38.6 Å². The molecule has 1 saturated heterocycles.